The zero-order chi connectivity index (χ0) is 19.7. The Morgan fingerprint density at radius 1 is 1.41 bits per heavy atom. The number of aliphatic imine (C=N–C) groups is 1. The van der Waals surface area contributed by atoms with Crippen LogP contribution in [0.25, 0.3) is 0 Å². The lowest BCUT2D eigenvalue weighted by atomic mass is 9.85. The first-order chi connectivity index (χ1) is 12.9. The monoisotopic (exact) mass is 391 g/mol. The van der Waals surface area contributed by atoms with Crippen LogP contribution in [-0.4, -0.2) is 36.3 Å². The Labute approximate surface area is 159 Å². The summed E-state index contributed by atoms with van der Waals surface area (Å²) >= 11 is 1.26. The minimum Gasteiger partial charge on any atom is -0.493 e. The largest absolute Gasteiger partial charge is 0.493 e. The molecule has 1 aliphatic carbocycles. The predicted molar refractivity (Wildman–Crippen MR) is 99.0 cm³/mol. The van der Waals surface area contributed by atoms with E-state index in [-0.39, 0.29) is 24.2 Å². The number of carbonyl (C=O) groups is 2. The highest BCUT2D eigenvalue weighted by Crippen LogP contribution is 2.41. The first-order valence-corrected chi connectivity index (χ1v) is 9.18. The van der Waals surface area contributed by atoms with Crippen LogP contribution in [0.2, 0.25) is 0 Å². The van der Waals surface area contributed by atoms with Crippen LogP contribution in [0.4, 0.5) is 4.39 Å². The number of Topliss-reactive ketones (excluding diaryl/α,β-unsaturated/α-hetero) is 1. The van der Waals surface area contributed by atoms with Gasteiger partial charge in [-0.3, -0.25) is 14.6 Å². The standard InChI is InChI=1S/C19H18FNO5S/c1-4-26-15-5-10(8-27-15)18(24)17-16-11(6-14(22)23)9(2)21-13(16)7-12(20)19(17)25-3/h5,8H,4,6-7H2,1-3H3,(H,22,23). The molecule has 0 fully saturated rings. The summed E-state index contributed by atoms with van der Waals surface area (Å²) in [5, 5.41) is 11.4. The van der Waals surface area contributed by atoms with Gasteiger partial charge in [-0.05, 0) is 19.4 Å². The molecule has 3 rings (SSSR count). The van der Waals surface area contributed by atoms with Gasteiger partial charge in [-0.1, -0.05) is 0 Å². The number of halogens is 1. The molecule has 6 nitrogen and oxygen atoms in total. The lowest BCUT2D eigenvalue weighted by Crippen LogP contribution is -2.21. The molecule has 142 valence electrons. The van der Waals surface area contributed by atoms with Crippen molar-refractivity contribution in [1.82, 2.24) is 0 Å². The molecule has 1 aromatic rings. The molecule has 2 aliphatic rings. The van der Waals surface area contributed by atoms with Gasteiger partial charge in [0.1, 0.15) is 5.83 Å². The molecule has 1 N–H and O–H groups in total. The Hall–Kier alpha value is -2.74. The zero-order valence-electron chi connectivity index (χ0n) is 15.1. The molecule has 0 bridgehead atoms. The summed E-state index contributed by atoms with van der Waals surface area (Å²) in [6, 6.07) is 1.59. The lowest BCUT2D eigenvalue weighted by molar-refractivity contribution is -0.136. The predicted octanol–water partition coefficient (Wildman–Crippen LogP) is 4.06. The van der Waals surface area contributed by atoms with Crippen LogP contribution in [0.5, 0.6) is 5.06 Å². The molecule has 0 unspecified atom stereocenters. The third kappa shape index (κ3) is 3.44. The number of hydrogen-bond donors (Lipinski definition) is 1. The number of ketones is 1. The average Bonchev–Trinajstić information content (AvgIpc) is 3.18. The molecule has 1 aliphatic heterocycles. The van der Waals surface area contributed by atoms with Crippen molar-refractivity contribution in [3.8, 4) is 5.06 Å². The van der Waals surface area contributed by atoms with Gasteiger partial charge in [0.15, 0.2) is 16.6 Å². The second kappa shape index (κ2) is 7.48. The van der Waals surface area contributed by atoms with Crippen molar-refractivity contribution in [1.29, 1.82) is 0 Å². The molecule has 0 saturated carbocycles. The summed E-state index contributed by atoms with van der Waals surface area (Å²) in [6.45, 7) is 3.95. The summed E-state index contributed by atoms with van der Waals surface area (Å²) in [6.07, 6.45) is -0.443. The minimum absolute atomic E-state index is 0.00829. The summed E-state index contributed by atoms with van der Waals surface area (Å²) in [7, 11) is 1.28. The van der Waals surface area contributed by atoms with Gasteiger partial charge >= 0.3 is 5.97 Å². The van der Waals surface area contributed by atoms with E-state index in [1.54, 1.807) is 18.4 Å². The zero-order valence-corrected chi connectivity index (χ0v) is 15.9. The number of nitrogens with zero attached hydrogens (tertiary/aromatic N) is 1. The number of methoxy groups -OCH3 is 1. The van der Waals surface area contributed by atoms with Crippen LogP contribution < -0.4 is 4.74 Å². The highest BCUT2D eigenvalue weighted by Gasteiger charge is 2.37. The van der Waals surface area contributed by atoms with Crippen molar-refractivity contribution >= 4 is 28.8 Å². The van der Waals surface area contributed by atoms with Crippen LogP contribution in [0.1, 0.15) is 37.0 Å². The number of aliphatic carboxylic acids is 1. The van der Waals surface area contributed by atoms with Crippen LogP contribution in [0, 0.1) is 0 Å². The maximum Gasteiger partial charge on any atom is 0.307 e. The molecule has 0 saturated heterocycles. The number of ether oxygens (including phenoxy) is 2. The van der Waals surface area contributed by atoms with Gasteiger partial charge in [-0.2, -0.15) is 0 Å². The number of fused-ring (bicyclic) bond motifs is 1. The first kappa shape index (κ1) is 19.0. The maximum atomic E-state index is 14.6. The SMILES string of the molecule is CCOc1cc(C(=O)C2=C3C(=NC(C)=C3CC(=O)O)CC(F)=C2OC)cs1. The van der Waals surface area contributed by atoms with E-state index in [1.165, 1.54) is 18.4 Å². The minimum atomic E-state index is -1.05. The van der Waals surface area contributed by atoms with Crippen molar-refractivity contribution in [3.63, 3.8) is 0 Å². The summed E-state index contributed by atoms with van der Waals surface area (Å²) in [5.74, 6) is -2.28. The number of hydrogen-bond acceptors (Lipinski definition) is 6. The molecule has 0 atom stereocenters. The van der Waals surface area contributed by atoms with Gasteiger partial charge in [0.2, 0.25) is 0 Å². The van der Waals surface area contributed by atoms with E-state index in [1.807, 2.05) is 6.92 Å². The van der Waals surface area contributed by atoms with E-state index in [0.717, 1.165) is 0 Å². The summed E-state index contributed by atoms with van der Waals surface area (Å²) in [4.78, 5) is 28.8. The lowest BCUT2D eigenvalue weighted by Gasteiger charge is -2.21. The Morgan fingerprint density at radius 2 is 2.15 bits per heavy atom. The van der Waals surface area contributed by atoms with E-state index in [4.69, 9.17) is 9.47 Å². The number of thiophene rings is 1. The fourth-order valence-corrected chi connectivity index (χ4v) is 3.97. The summed E-state index contributed by atoms with van der Waals surface area (Å²) in [5.41, 5.74) is 1.93. The second-order valence-corrected chi connectivity index (χ2v) is 6.85. The Bertz CT molecular complexity index is 951. The highest BCUT2D eigenvalue weighted by atomic mass is 32.1. The first-order valence-electron chi connectivity index (χ1n) is 8.30. The molecule has 2 heterocycles. The van der Waals surface area contributed by atoms with Gasteiger partial charge in [0, 0.05) is 34.7 Å². The van der Waals surface area contributed by atoms with Crippen LogP contribution in [0.3, 0.4) is 0 Å². The van der Waals surface area contributed by atoms with Gasteiger partial charge < -0.3 is 14.6 Å². The third-order valence-electron chi connectivity index (χ3n) is 4.26. The van der Waals surface area contributed by atoms with Crippen LogP contribution >= 0.6 is 11.3 Å². The third-order valence-corrected chi connectivity index (χ3v) is 5.10. The topological polar surface area (TPSA) is 85.2 Å². The van der Waals surface area contributed by atoms with E-state index in [2.05, 4.69) is 4.99 Å². The molecular weight excluding hydrogens is 373 g/mol. The normalized spacial score (nSPS) is 16.5. The summed E-state index contributed by atoms with van der Waals surface area (Å²) < 4.78 is 25.2. The Balaban J connectivity index is 2.16. The molecular formula is C19H18FNO5S. The molecule has 0 spiro atoms. The average molecular weight is 391 g/mol. The second-order valence-electron chi connectivity index (χ2n) is 5.97. The van der Waals surface area contributed by atoms with Crippen molar-refractivity contribution in [3.05, 3.63) is 51.0 Å². The van der Waals surface area contributed by atoms with Crippen molar-refractivity contribution in [2.45, 2.75) is 26.7 Å². The van der Waals surface area contributed by atoms with Crippen molar-refractivity contribution in [2.24, 2.45) is 4.99 Å². The molecule has 0 radical (unpaired) electrons. The molecule has 0 amide bonds. The molecule has 8 heteroatoms. The fraction of sp³-hybridized carbons (Fsp3) is 0.316. The van der Waals surface area contributed by atoms with E-state index >= 15 is 0 Å². The number of carboxylic acid groups (broad SMARTS) is 1. The highest BCUT2D eigenvalue weighted by molar-refractivity contribution is 7.12. The maximum absolute atomic E-state index is 14.6. The number of rotatable bonds is 7. The smallest absolute Gasteiger partial charge is 0.307 e. The van der Waals surface area contributed by atoms with E-state index < -0.39 is 17.6 Å². The van der Waals surface area contributed by atoms with Gasteiger partial charge in [0.05, 0.1) is 31.4 Å². The van der Waals surface area contributed by atoms with E-state index in [9.17, 15) is 19.1 Å². The van der Waals surface area contributed by atoms with Crippen molar-refractivity contribution in [2.75, 3.05) is 13.7 Å². The van der Waals surface area contributed by atoms with Gasteiger partial charge in [0.25, 0.3) is 0 Å². The Kier molecular flexibility index (Phi) is 5.27. The molecule has 1 aromatic heterocycles. The quantitative estimate of drug-likeness (QED) is 0.709. The van der Waals surface area contributed by atoms with Gasteiger partial charge in [-0.25, -0.2) is 4.39 Å². The Morgan fingerprint density at radius 3 is 2.78 bits per heavy atom. The number of carboxylic acids is 1. The number of carbonyl (C=O) groups excluding carboxylic acids is 1. The van der Waals surface area contributed by atoms with E-state index in [0.29, 0.717) is 39.8 Å². The van der Waals surface area contributed by atoms with Crippen LogP contribution in [0.15, 0.2) is 50.4 Å². The van der Waals surface area contributed by atoms with Gasteiger partial charge in [-0.15, -0.1) is 11.3 Å². The fourth-order valence-electron chi connectivity index (χ4n) is 3.18. The van der Waals surface area contributed by atoms with Crippen molar-refractivity contribution < 1.29 is 28.6 Å². The molecule has 27 heavy (non-hydrogen) atoms. The molecule has 0 aromatic carbocycles. The number of allylic oxidation sites excluding steroid dienone is 4. The van der Waals surface area contributed by atoms with Crippen LogP contribution in [-0.2, 0) is 9.53 Å².